The van der Waals surface area contributed by atoms with Crippen molar-refractivity contribution in [3.8, 4) is 5.75 Å². The van der Waals surface area contributed by atoms with Gasteiger partial charge in [-0.3, -0.25) is 4.79 Å². The van der Waals surface area contributed by atoms with Crippen molar-refractivity contribution in [3.63, 3.8) is 0 Å². The van der Waals surface area contributed by atoms with Crippen molar-refractivity contribution in [1.29, 1.82) is 0 Å². The number of ether oxygens (including phenoxy) is 1. The number of ketones is 1. The Kier molecular flexibility index (Phi) is 3.58. The van der Waals surface area contributed by atoms with Crippen molar-refractivity contribution in [1.82, 2.24) is 4.98 Å². The molecule has 0 unspecified atom stereocenters. The van der Waals surface area contributed by atoms with Gasteiger partial charge in [-0.1, -0.05) is 11.3 Å². The Morgan fingerprint density at radius 1 is 1.19 bits per heavy atom. The summed E-state index contributed by atoms with van der Waals surface area (Å²) in [6.45, 7) is 1.56. The Labute approximate surface area is 126 Å². The maximum absolute atomic E-state index is 11.3. The van der Waals surface area contributed by atoms with E-state index in [9.17, 15) is 4.79 Å². The second kappa shape index (κ2) is 5.54. The molecule has 1 heterocycles. The average Bonchev–Trinajstić information content (AvgIpc) is 2.88. The Morgan fingerprint density at radius 2 is 1.95 bits per heavy atom. The highest BCUT2D eigenvalue weighted by molar-refractivity contribution is 7.22. The summed E-state index contributed by atoms with van der Waals surface area (Å²) in [7, 11) is 1.64. The molecule has 0 radical (unpaired) electrons. The Balaban J connectivity index is 1.85. The van der Waals surface area contributed by atoms with Crippen molar-refractivity contribution in [2.24, 2.45) is 0 Å². The van der Waals surface area contributed by atoms with Crippen molar-refractivity contribution in [2.75, 3.05) is 12.4 Å². The molecule has 0 aliphatic heterocycles. The fourth-order valence-electron chi connectivity index (χ4n) is 2.00. The van der Waals surface area contributed by atoms with Crippen LogP contribution in [0, 0.1) is 0 Å². The maximum atomic E-state index is 11.3. The van der Waals surface area contributed by atoms with Gasteiger partial charge in [-0.2, -0.15) is 0 Å². The SMILES string of the molecule is COc1ccc2sc(Nc3ccc(C(C)=O)cc3)nc2c1. The summed E-state index contributed by atoms with van der Waals surface area (Å²) in [4.78, 5) is 15.8. The number of hydrogen-bond donors (Lipinski definition) is 1. The predicted molar refractivity (Wildman–Crippen MR) is 85.9 cm³/mol. The molecule has 0 atom stereocenters. The van der Waals surface area contributed by atoms with Gasteiger partial charge >= 0.3 is 0 Å². The van der Waals surface area contributed by atoms with Crippen molar-refractivity contribution < 1.29 is 9.53 Å². The molecule has 4 nitrogen and oxygen atoms in total. The smallest absolute Gasteiger partial charge is 0.188 e. The van der Waals surface area contributed by atoms with Gasteiger partial charge in [-0.15, -0.1) is 0 Å². The van der Waals surface area contributed by atoms with Crippen LogP contribution in [0.25, 0.3) is 10.2 Å². The molecule has 5 heteroatoms. The molecular weight excluding hydrogens is 284 g/mol. The van der Waals surface area contributed by atoms with Crippen LogP contribution in [-0.2, 0) is 0 Å². The van der Waals surface area contributed by atoms with Gasteiger partial charge in [-0.05, 0) is 43.3 Å². The van der Waals surface area contributed by atoms with Crippen LogP contribution in [0.1, 0.15) is 17.3 Å². The summed E-state index contributed by atoms with van der Waals surface area (Å²) in [6, 6.07) is 13.2. The van der Waals surface area contributed by atoms with Crippen LogP contribution in [0.4, 0.5) is 10.8 Å². The van der Waals surface area contributed by atoms with E-state index in [0.29, 0.717) is 5.56 Å². The third-order valence-electron chi connectivity index (χ3n) is 3.14. The van der Waals surface area contributed by atoms with Gasteiger partial charge in [0.1, 0.15) is 5.75 Å². The number of hydrogen-bond acceptors (Lipinski definition) is 5. The number of benzene rings is 2. The van der Waals surface area contributed by atoms with Crippen LogP contribution in [0.5, 0.6) is 5.75 Å². The van der Waals surface area contributed by atoms with Crippen LogP contribution >= 0.6 is 11.3 Å². The number of anilines is 2. The molecule has 0 saturated heterocycles. The normalized spacial score (nSPS) is 10.6. The average molecular weight is 298 g/mol. The molecule has 0 saturated carbocycles. The molecule has 106 valence electrons. The number of thiazole rings is 1. The number of methoxy groups -OCH3 is 1. The van der Waals surface area contributed by atoms with E-state index in [4.69, 9.17) is 4.74 Å². The van der Waals surface area contributed by atoms with Crippen molar-refractivity contribution >= 4 is 38.2 Å². The summed E-state index contributed by atoms with van der Waals surface area (Å²) in [5.41, 5.74) is 2.52. The minimum atomic E-state index is 0.0635. The summed E-state index contributed by atoms with van der Waals surface area (Å²) in [5.74, 6) is 0.860. The highest BCUT2D eigenvalue weighted by Crippen LogP contribution is 2.30. The first-order chi connectivity index (χ1) is 10.2. The van der Waals surface area contributed by atoms with Gasteiger partial charge in [0.2, 0.25) is 0 Å². The predicted octanol–water partition coefficient (Wildman–Crippen LogP) is 4.25. The molecule has 0 bridgehead atoms. The molecule has 3 aromatic rings. The first-order valence-corrected chi connectivity index (χ1v) is 7.30. The number of rotatable bonds is 4. The third kappa shape index (κ3) is 2.87. The van der Waals surface area contributed by atoms with Gasteiger partial charge < -0.3 is 10.1 Å². The lowest BCUT2D eigenvalue weighted by molar-refractivity contribution is 0.101. The highest BCUT2D eigenvalue weighted by atomic mass is 32.1. The summed E-state index contributed by atoms with van der Waals surface area (Å²) >= 11 is 1.58. The van der Waals surface area contributed by atoms with E-state index >= 15 is 0 Å². The van der Waals surface area contributed by atoms with E-state index in [1.165, 1.54) is 0 Å². The van der Waals surface area contributed by atoms with E-state index in [0.717, 1.165) is 26.8 Å². The van der Waals surface area contributed by atoms with Crippen LogP contribution in [0.15, 0.2) is 42.5 Å². The third-order valence-corrected chi connectivity index (χ3v) is 4.09. The van der Waals surface area contributed by atoms with E-state index in [1.807, 2.05) is 30.3 Å². The summed E-state index contributed by atoms with van der Waals surface area (Å²) in [5, 5.41) is 4.07. The van der Waals surface area contributed by atoms with Gasteiger partial charge in [-0.25, -0.2) is 4.98 Å². The van der Waals surface area contributed by atoms with E-state index < -0.39 is 0 Å². The second-order valence-electron chi connectivity index (χ2n) is 4.61. The Bertz CT molecular complexity index is 794. The van der Waals surface area contributed by atoms with Crippen LogP contribution in [-0.4, -0.2) is 17.9 Å². The molecule has 0 amide bonds. The van der Waals surface area contributed by atoms with Crippen LogP contribution in [0.3, 0.4) is 0 Å². The van der Waals surface area contributed by atoms with Crippen molar-refractivity contribution in [3.05, 3.63) is 48.0 Å². The molecule has 0 aliphatic rings. The Hall–Kier alpha value is -2.40. The molecule has 0 fully saturated rings. The van der Waals surface area contributed by atoms with Crippen molar-refractivity contribution in [2.45, 2.75) is 6.92 Å². The fraction of sp³-hybridized carbons (Fsp3) is 0.125. The number of carbonyl (C=O) groups excluding carboxylic acids is 1. The second-order valence-corrected chi connectivity index (χ2v) is 5.64. The lowest BCUT2D eigenvalue weighted by Crippen LogP contribution is -1.93. The number of fused-ring (bicyclic) bond motifs is 1. The van der Waals surface area contributed by atoms with E-state index in [2.05, 4.69) is 10.3 Å². The zero-order chi connectivity index (χ0) is 14.8. The monoisotopic (exact) mass is 298 g/mol. The van der Waals surface area contributed by atoms with E-state index in [1.54, 1.807) is 37.5 Å². The molecule has 3 rings (SSSR count). The van der Waals surface area contributed by atoms with Gasteiger partial charge in [0, 0.05) is 17.3 Å². The molecule has 0 spiro atoms. The number of nitrogens with zero attached hydrogens (tertiary/aromatic N) is 1. The zero-order valence-corrected chi connectivity index (χ0v) is 12.5. The summed E-state index contributed by atoms with van der Waals surface area (Å²) < 4.78 is 6.29. The lowest BCUT2D eigenvalue weighted by atomic mass is 10.1. The largest absolute Gasteiger partial charge is 0.497 e. The topological polar surface area (TPSA) is 51.2 Å². The first kappa shape index (κ1) is 13.6. The van der Waals surface area contributed by atoms with E-state index in [-0.39, 0.29) is 5.78 Å². The molecule has 21 heavy (non-hydrogen) atoms. The zero-order valence-electron chi connectivity index (χ0n) is 11.7. The molecule has 1 N–H and O–H groups in total. The molecule has 2 aromatic carbocycles. The number of carbonyl (C=O) groups is 1. The fourth-order valence-corrected chi connectivity index (χ4v) is 2.87. The Morgan fingerprint density at radius 3 is 2.62 bits per heavy atom. The molecule has 1 aromatic heterocycles. The maximum Gasteiger partial charge on any atom is 0.188 e. The minimum absolute atomic E-state index is 0.0635. The van der Waals surface area contributed by atoms with Crippen LogP contribution < -0.4 is 10.1 Å². The number of nitrogens with one attached hydrogen (secondary N) is 1. The molecule has 0 aliphatic carbocycles. The first-order valence-electron chi connectivity index (χ1n) is 6.48. The standard InChI is InChI=1S/C16H14N2O2S/c1-10(19)11-3-5-12(6-4-11)17-16-18-14-9-13(20-2)7-8-15(14)21-16/h3-9H,1-2H3,(H,17,18). The minimum Gasteiger partial charge on any atom is -0.497 e. The molecular formula is C16H14N2O2S. The van der Waals surface area contributed by atoms with Crippen LogP contribution in [0.2, 0.25) is 0 Å². The lowest BCUT2D eigenvalue weighted by Gasteiger charge is -2.02. The van der Waals surface area contributed by atoms with Gasteiger partial charge in [0.25, 0.3) is 0 Å². The highest BCUT2D eigenvalue weighted by Gasteiger charge is 2.06. The number of Topliss-reactive ketones (excluding diaryl/α,β-unsaturated/α-hetero) is 1. The quantitative estimate of drug-likeness (QED) is 0.731. The number of aromatic nitrogens is 1. The van der Waals surface area contributed by atoms with Gasteiger partial charge in [0.05, 0.1) is 17.3 Å². The van der Waals surface area contributed by atoms with Gasteiger partial charge in [0.15, 0.2) is 10.9 Å². The summed E-state index contributed by atoms with van der Waals surface area (Å²) in [6.07, 6.45) is 0.